The Labute approximate surface area is 156 Å². The van der Waals surface area contributed by atoms with Crippen LogP contribution in [0.15, 0.2) is 30.3 Å². The summed E-state index contributed by atoms with van der Waals surface area (Å²) in [5, 5.41) is 18.8. The largest absolute Gasteiger partial charge is 0.478 e. The molecule has 2 aromatic rings. The number of aliphatic hydroxyl groups is 1. The number of ether oxygens (including phenoxy) is 2. The molecule has 2 aromatic carbocycles. The number of benzene rings is 2. The third-order valence-corrected chi connectivity index (χ3v) is 4.66. The average molecular weight is 375 g/mol. The minimum atomic E-state index is -1.15. The highest BCUT2D eigenvalue weighted by Gasteiger charge is 2.23. The van der Waals surface area contributed by atoms with Crippen LogP contribution in [0.3, 0.4) is 0 Å². The molecule has 1 fully saturated rings. The van der Waals surface area contributed by atoms with E-state index in [2.05, 4.69) is 0 Å². The zero-order valence-corrected chi connectivity index (χ0v) is 15.1. The van der Waals surface area contributed by atoms with Crippen molar-refractivity contribution in [3.8, 4) is 16.9 Å². The lowest BCUT2D eigenvalue weighted by atomic mass is 9.97. The molecular formula is C20H22FNO5. The fourth-order valence-corrected chi connectivity index (χ4v) is 3.35. The van der Waals surface area contributed by atoms with Crippen molar-refractivity contribution < 1.29 is 28.9 Å². The summed E-state index contributed by atoms with van der Waals surface area (Å²) < 4.78 is 25.9. The molecule has 0 radical (unpaired) electrons. The number of carboxylic acids is 1. The first-order valence-corrected chi connectivity index (χ1v) is 8.73. The van der Waals surface area contributed by atoms with Crippen LogP contribution in [-0.2, 0) is 11.3 Å². The first kappa shape index (κ1) is 19.1. The number of halogens is 1. The molecule has 0 atom stereocenters. The van der Waals surface area contributed by atoms with Crippen molar-refractivity contribution in [2.24, 2.45) is 0 Å². The molecule has 1 saturated heterocycles. The van der Waals surface area contributed by atoms with Gasteiger partial charge in [-0.05, 0) is 48.2 Å². The van der Waals surface area contributed by atoms with Crippen LogP contribution in [0.1, 0.15) is 28.8 Å². The Morgan fingerprint density at radius 2 is 1.96 bits per heavy atom. The van der Waals surface area contributed by atoms with Crippen LogP contribution in [0.5, 0.6) is 5.75 Å². The summed E-state index contributed by atoms with van der Waals surface area (Å²) in [6, 6.07) is 7.75. The van der Waals surface area contributed by atoms with Crippen LogP contribution in [0.25, 0.3) is 11.1 Å². The topological polar surface area (TPSA) is 79.2 Å². The van der Waals surface area contributed by atoms with Gasteiger partial charge in [0.2, 0.25) is 0 Å². The van der Waals surface area contributed by atoms with Crippen molar-refractivity contribution in [2.45, 2.75) is 19.4 Å². The molecule has 0 amide bonds. The second kappa shape index (κ2) is 8.37. The van der Waals surface area contributed by atoms with Crippen LogP contribution in [-0.4, -0.2) is 43.2 Å². The Hall–Kier alpha value is -2.64. The van der Waals surface area contributed by atoms with E-state index >= 15 is 4.39 Å². The molecule has 1 aliphatic rings. The van der Waals surface area contributed by atoms with E-state index in [4.69, 9.17) is 9.47 Å². The molecule has 1 aliphatic heterocycles. The number of aromatic carboxylic acids is 1. The number of anilines is 1. The summed E-state index contributed by atoms with van der Waals surface area (Å²) in [6.45, 7) is 1.07. The van der Waals surface area contributed by atoms with Crippen molar-refractivity contribution >= 4 is 11.7 Å². The maximum absolute atomic E-state index is 15.5. The monoisotopic (exact) mass is 375 g/mol. The van der Waals surface area contributed by atoms with Crippen molar-refractivity contribution in [1.82, 2.24) is 0 Å². The number of hydrogen-bond acceptors (Lipinski definition) is 5. The van der Waals surface area contributed by atoms with Crippen LogP contribution < -0.4 is 9.64 Å². The molecule has 2 N–H and O–H groups in total. The summed E-state index contributed by atoms with van der Waals surface area (Å²) in [4.78, 5) is 13.3. The second-order valence-corrected chi connectivity index (χ2v) is 6.35. The van der Waals surface area contributed by atoms with Gasteiger partial charge in [-0.1, -0.05) is 6.07 Å². The number of carboxylic acid groups (broad SMARTS) is 1. The van der Waals surface area contributed by atoms with E-state index in [9.17, 15) is 15.0 Å². The van der Waals surface area contributed by atoms with E-state index in [0.717, 1.165) is 25.9 Å². The van der Waals surface area contributed by atoms with Gasteiger partial charge in [0, 0.05) is 20.2 Å². The molecule has 3 rings (SSSR count). The molecule has 0 aliphatic carbocycles. The van der Waals surface area contributed by atoms with Crippen LogP contribution in [0, 0.1) is 5.82 Å². The predicted molar refractivity (Wildman–Crippen MR) is 98.7 cm³/mol. The van der Waals surface area contributed by atoms with Gasteiger partial charge in [0.25, 0.3) is 0 Å². The number of methoxy groups -OCH3 is 1. The van der Waals surface area contributed by atoms with Crippen molar-refractivity contribution in [1.29, 1.82) is 0 Å². The number of hydrogen-bond donors (Lipinski definition) is 2. The molecule has 27 heavy (non-hydrogen) atoms. The average Bonchev–Trinajstić information content (AvgIpc) is 3.20. The van der Waals surface area contributed by atoms with E-state index in [1.807, 2.05) is 4.90 Å². The van der Waals surface area contributed by atoms with Gasteiger partial charge in [-0.25, -0.2) is 9.18 Å². The molecule has 6 nitrogen and oxygen atoms in total. The fourth-order valence-electron chi connectivity index (χ4n) is 3.35. The molecule has 7 heteroatoms. The Morgan fingerprint density at radius 3 is 2.59 bits per heavy atom. The standard InChI is InChI=1S/C20H22FNO5/c1-26-12-27-17-7-6-16(22-8-2-3-9-22)19(21)18(17)13-4-5-15(20(24)25)14(10-13)11-23/h4-7,10,23H,2-3,8-9,11-12H2,1H3,(H,24,25). The van der Waals surface area contributed by atoms with E-state index in [1.54, 1.807) is 12.1 Å². The molecule has 0 bridgehead atoms. The van der Waals surface area contributed by atoms with E-state index < -0.39 is 18.4 Å². The molecule has 0 aromatic heterocycles. The zero-order chi connectivity index (χ0) is 19.4. The fraction of sp³-hybridized carbons (Fsp3) is 0.350. The molecule has 0 saturated carbocycles. The van der Waals surface area contributed by atoms with E-state index in [1.165, 1.54) is 25.3 Å². The van der Waals surface area contributed by atoms with Crippen LogP contribution in [0.2, 0.25) is 0 Å². The molecule has 1 heterocycles. The van der Waals surface area contributed by atoms with Crippen molar-refractivity contribution in [3.05, 3.63) is 47.3 Å². The Bertz CT molecular complexity index is 833. The predicted octanol–water partition coefficient (Wildman–Crippen LogP) is 3.27. The highest BCUT2D eigenvalue weighted by molar-refractivity contribution is 5.90. The summed E-state index contributed by atoms with van der Waals surface area (Å²) in [7, 11) is 1.47. The summed E-state index contributed by atoms with van der Waals surface area (Å²) in [6.07, 6.45) is 2.03. The van der Waals surface area contributed by atoms with Gasteiger partial charge in [0.15, 0.2) is 12.6 Å². The highest BCUT2D eigenvalue weighted by atomic mass is 19.1. The lowest BCUT2D eigenvalue weighted by Gasteiger charge is -2.22. The third kappa shape index (κ3) is 3.89. The van der Waals surface area contributed by atoms with Gasteiger partial charge in [0.1, 0.15) is 5.75 Å². The lowest BCUT2D eigenvalue weighted by Crippen LogP contribution is -2.19. The summed E-state index contributed by atoms with van der Waals surface area (Å²) in [5.41, 5.74) is 1.34. The Balaban J connectivity index is 2.13. The minimum Gasteiger partial charge on any atom is -0.478 e. The SMILES string of the molecule is COCOc1ccc(N2CCCC2)c(F)c1-c1ccc(C(=O)O)c(CO)c1. The van der Waals surface area contributed by atoms with Gasteiger partial charge in [-0.2, -0.15) is 0 Å². The minimum absolute atomic E-state index is 0.0169. The number of rotatable bonds is 7. The van der Waals surface area contributed by atoms with Gasteiger partial charge in [0.05, 0.1) is 23.4 Å². The smallest absolute Gasteiger partial charge is 0.336 e. The van der Waals surface area contributed by atoms with Crippen molar-refractivity contribution in [2.75, 3.05) is 31.9 Å². The molecule has 144 valence electrons. The Morgan fingerprint density at radius 1 is 1.22 bits per heavy atom. The first-order valence-electron chi connectivity index (χ1n) is 8.73. The van der Waals surface area contributed by atoms with E-state index in [0.29, 0.717) is 17.0 Å². The van der Waals surface area contributed by atoms with Gasteiger partial charge < -0.3 is 24.6 Å². The lowest BCUT2D eigenvalue weighted by molar-refractivity contribution is 0.0513. The quantitative estimate of drug-likeness (QED) is 0.723. The van der Waals surface area contributed by atoms with Crippen molar-refractivity contribution in [3.63, 3.8) is 0 Å². The maximum Gasteiger partial charge on any atom is 0.336 e. The number of carbonyl (C=O) groups is 1. The highest BCUT2D eigenvalue weighted by Crippen LogP contribution is 2.39. The summed E-state index contributed by atoms with van der Waals surface area (Å²) >= 11 is 0. The van der Waals surface area contributed by atoms with Gasteiger partial charge >= 0.3 is 5.97 Å². The second-order valence-electron chi connectivity index (χ2n) is 6.35. The third-order valence-electron chi connectivity index (χ3n) is 4.66. The first-order chi connectivity index (χ1) is 13.1. The maximum atomic E-state index is 15.5. The molecule has 0 unspecified atom stereocenters. The number of aliphatic hydroxyl groups excluding tert-OH is 1. The van der Waals surface area contributed by atoms with E-state index in [-0.39, 0.29) is 23.5 Å². The zero-order valence-electron chi connectivity index (χ0n) is 15.1. The molecular weight excluding hydrogens is 353 g/mol. The van der Waals surface area contributed by atoms with Crippen LogP contribution >= 0.6 is 0 Å². The number of nitrogens with zero attached hydrogens (tertiary/aromatic N) is 1. The molecule has 0 spiro atoms. The summed E-state index contributed by atoms with van der Waals surface area (Å²) in [5.74, 6) is -1.28. The van der Waals surface area contributed by atoms with Gasteiger partial charge in [-0.15, -0.1) is 0 Å². The normalized spacial score (nSPS) is 13.8. The Kier molecular flexibility index (Phi) is 5.93. The van der Waals surface area contributed by atoms with Crippen LogP contribution in [0.4, 0.5) is 10.1 Å². The van der Waals surface area contributed by atoms with Gasteiger partial charge in [-0.3, -0.25) is 0 Å².